The molecule has 1 aliphatic rings. The number of aliphatic hydroxyl groups is 1. The molecule has 0 spiro atoms. The van der Waals surface area contributed by atoms with Gasteiger partial charge < -0.3 is 15.2 Å². The summed E-state index contributed by atoms with van der Waals surface area (Å²) in [5.74, 6) is 0.0532. The van der Waals surface area contributed by atoms with Crippen LogP contribution < -0.4 is 5.32 Å². The molecule has 1 unspecified atom stereocenters. The summed E-state index contributed by atoms with van der Waals surface area (Å²) in [6.45, 7) is 7.01. The van der Waals surface area contributed by atoms with Crippen LogP contribution in [-0.4, -0.2) is 36.9 Å². The molecule has 1 saturated carbocycles. The van der Waals surface area contributed by atoms with Gasteiger partial charge >= 0.3 is 5.97 Å². The van der Waals surface area contributed by atoms with E-state index in [0.717, 1.165) is 6.54 Å². The fourth-order valence-electron chi connectivity index (χ4n) is 1.97. The number of esters is 1. The smallest absolute Gasteiger partial charge is 0.338 e. The van der Waals surface area contributed by atoms with Crippen LogP contribution in [0.3, 0.4) is 0 Å². The Morgan fingerprint density at radius 3 is 2.50 bits per heavy atom. The zero-order valence-electron chi connectivity index (χ0n) is 10.7. The van der Waals surface area contributed by atoms with Crippen LogP contribution in [0.1, 0.15) is 33.6 Å². The van der Waals surface area contributed by atoms with Crippen LogP contribution in [0.25, 0.3) is 0 Å². The Hall–Kier alpha value is -0.610. The van der Waals surface area contributed by atoms with Crippen LogP contribution in [-0.2, 0) is 9.53 Å². The van der Waals surface area contributed by atoms with E-state index in [0.29, 0.717) is 11.3 Å². The predicted molar refractivity (Wildman–Crippen MR) is 62.0 cm³/mol. The van der Waals surface area contributed by atoms with Gasteiger partial charge in [0.1, 0.15) is 0 Å². The Morgan fingerprint density at radius 1 is 1.56 bits per heavy atom. The van der Waals surface area contributed by atoms with E-state index in [2.05, 4.69) is 23.9 Å². The number of methoxy groups -OCH3 is 1. The maximum absolute atomic E-state index is 11.2. The van der Waals surface area contributed by atoms with Gasteiger partial charge in [0.05, 0.1) is 7.11 Å². The predicted octanol–water partition coefficient (Wildman–Crippen LogP) is 0.936. The third kappa shape index (κ3) is 2.95. The molecule has 0 heterocycles. The monoisotopic (exact) mass is 229 g/mol. The highest BCUT2D eigenvalue weighted by Gasteiger charge is 2.45. The Kier molecular flexibility index (Phi) is 3.97. The normalized spacial score (nSPS) is 21.6. The van der Waals surface area contributed by atoms with Gasteiger partial charge in [-0.25, -0.2) is 4.79 Å². The molecule has 1 aliphatic carbocycles. The Morgan fingerprint density at radius 2 is 2.12 bits per heavy atom. The van der Waals surface area contributed by atoms with Crippen LogP contribution in [0.5, 0.6) is 0 Å². The van der Waals surface area contributed by atoms with Crippen LogP contribution in [0, 0.1) is 11.3 Å². The van der Waals surface area contributed by atoms with Crippen molar-refractivity contribution in [3.05, 3.63) is 0 Å². The summed E-state index contributed by atoms with van der Waals surface area (Å²) in [6.07, 6.45) is 2.47. The highest BCUT2D eigenvalue weighted by atomic mass is 16.5. The quantitative estimate of drug-likeness (QED) is 0.665. The van der Waals surface area contributed by atoms with Gasteiger partial charge in [-0.15, -0.1) is 0 Å². The Labute approximate surface area is 97.4 Å². The maximum atomic E-state index is 11.2. The number of nitrogens with one attached hydrogen (secondary N) is 1. The molecule has 0 bridgehead atoms. The van der Waals surface area contributed by atoms with Gasteiger partial charge in [-0.3, -0.25) is 0 Å². The average Bonchev–Trinajstić information content (AvgIpc) is 2.97. The van der Waals surface area contributed by atoms with Gasteiger partial charge in [0, 0.05) is 13.1 Å². The molecule has 94 valence electrons. The number of ether oxygens (including phenoxy) is 1. The molecule has 1 rings (SSSR count). The molecule has 0 aromatic heterocycles. The fourth-order valence-corrected chi connectivity index (χ4v) is 1.97. The molecule has 4 nitrogen and oxygen atoms in total. The zero-order chi connectivity index (χ0) is 12.4. The second-order valence-electron chi connectivity index (χ2n) is 5.39. The van der Waals surface area contributed by atoms with Gasteiger partial charge in [0.25, 0.3) is 0 Å². The first-order valence-corrected chi connectivity index (χ1v) is 5.85. The summed E-state index contributed by atoms with van der Waals surface area (Å²) in [6, 6.07) is 0. The lowest BCUT2D eigenvalue weighted by molar-refractivity contribution is -0.159. The Balaban J connectivity index is 2.33. The van der Waals surface area contributed by atoms with Crippen molar-refractivity contribution in [2.24, 2.45) is 11.3 Å². The molecule has 16 heavy (non-hydrogen) atoms. The molecule has 0 saturated heterocycles. The minimum absolute atomic E-state index is 0.244. The van der Waals surface area contributed by atoms with Crippen LogP contribution in [0.2, 0.25) is 0 Å². The van der Waals surface area contributed by atoms with Crippen LogP contribution in [0.15, 0.2) is 0 Å². The average molecular weight is 229 g/mol. The van der Waals surface area contributed by atoms with E-state index < -0.39 is 11.6 Å². The van der Waals surface area contributed by atoms with Crippen molar-refractivity contribution >= 4 is 5.97 Å². The Bertz CT molecular complexity index is 257. The number of carbonyl (C=O) groups is 1. The maximum Gasteiger partial charge on any atom is 0.338 e. The third-order valence-corrected chi connectivity index (χ3v) is 3.69. The van der Waals surface area contributed by atoms with Gasteiger partial charge in [0.2, 0.25) is 0 Å². The summed E-state index contributed by atoms with van der Waals surface area (Å²) in [5, 5.41) is 13.0. The molecular formula is C12H23NO3. The molecule has 0 radical (unpaired) electrons. The van der Waals surface area contributed by atoms with E-state index in [1.54, 1.807) is 0 Å². The SMILES string of the molecule is COC(=O)C(C)(O)CNCC1(C(C)C)CC1. The minimum atomic E-state index is -1.43. The number of hydrogen-bond acceptors (Lipinski definition) is 4. The molecule has 0 aromatic rings. The minimum Gasteiger partial charge on any atom is -0.467 e. The van der Waals surface area contributed by atoms with E-state index >= 15 is 0 Å². The van der Waals surface area contributed by atoms with Crippen molar-refractivity contribution in [2.45, 2.75) is 39.2 Å². The van der Waals surface area contributed by atoms with E-state index in [1.807, 2.05) is 0 Å². The van der Waals surface area contributed by atoms with E-state index in [-0.39, 0.29) is 6.54 Å². The largest absolute Gasteiger partial charge is 0.467 e. The first kappa shape index (κ1) is 13.5. The topological polar surface area (TPSA) is 58.6 Å². The van der Waals surface area contributed by atoms with Gasteiger partial charge in [0.15, 0.2) is 5.60 Å². The first-order chi connectivity index (χ1) is 7.34. The number of rotatable bonds is 6. The van der Waals surface area contributed by atoms with E-state index in [1.165, 1.54) is 26.9 Å². The first-order valence-electron chi connectivity index (χ1n) is 5.85. The van der Waals surface area contributed by atoms with Crippen LogP contribution in [0.4, 0.5) is 0 Å². The molecule has 1 atom stereocenters. The summed E-state index contributed by atoms with van der Waals surface area (Å²) in [5.41, 5.74) is -1.05. The van der Waals surface area contributed by atoms with Gasteiger partial charge in [-0.1, -0.05) is 13.8 Å². The molecule has 4 heteroatoms. The van der Waals surface area contributed by atoms with Gasteiger partial charge in [-0.05, 0) is 31.1 Å². The molecule has 0 aliphatic heterocycles. The molecule has 1 fully saturated rings. The van der Waals surface area contributed by atoms with E-state index in [4.69, 9.17) is 0 Å². The highest BCUT2D eigenvalue weighted by Crippen LogP contribution is 2.51. The van der Waals surface area contributed by atoms with E-state index in [9.17, 15) is 9.90 Å². The lowest BCUT2D eigenvalue weighted by Gasteiger charge is -2.24. The summed E-state index contributed by atoms with van der Waals surface area (Å²) in [4.78, 5) is 11.2. The second-order valence-corrected chi connectivity index (χ2v) is 5.39. The molecule has 0 aromatic carbocycles. The summed E-state index contributed by atoms with van der Waals surface area (Å²) in [7, 11) is 1.29. The molecule has 0 amide bonds. The van der Waals surface area contributed by atoms with Crippen molar-refractivity contribution in [3.8, 4) is 0 Å². The van der Waals surface area contributed by atoms with Crippen molar-refractivity contribution in [2.75, 3.05) is 20.2 Å². The van der Waals surface area contributed by atoms with Crippen molar-refractivity contribution in [1.29, 1.82) is 0 Å². The van der Waals surface area contributed by atoms with Gasteiger partial charge in [-0.2, -0.15) is 0 Å². The van der Waals surface area contributed by atoms with Crippen molar-refractivity contribution in [1.82, 2.24) is 5.32 Å². The highest BCUT2D eigenvalue weighted by molar-refractivity contribution is 5.78. The van der Waals surface area contributed by atoms with Crippen molar-refractivity contribution < 1.29 is 14.6 Å². The fraction of sp³-hybridized carbons (Fsp3) is 0.917. The number of hydrogen-bond donors (Lipinski definition) is 2. The standard InChI is InChI=1S/C12H23NO3/c1-9(2)12(5-6-12)8-13-7-11(3,15)10(14)16-4/h9,13,15H,5-8H2,1-4H3. The third-order valence-electron chi connectivity index (χ3n) is 3.69. The summed E-state index contributed by atoms with van der Waals surface area (Å²) < 4.78 is 4.53. The molecule has 2 N–H and O–H groups in total. The lowest BCUT2D eigenvalue weighted by Crippen LogP contribution is -2.47. The van der Waals surface area contributed by atoms with Crippen molar-refractivity contribution in [3.63, 3.8) is 0 Å². The van der Waals surface area contributed by atoms with Crippen LogP contribution >= 0.6 is 0 Å². The lowest BCUT2D eigenvalue weighted by atomic mass is 9.92. The second kappa shape index (κ2) is 4.72. The zero-order valence-corrected chi connectivity index (χ0v) is 10.7. The molecular weight excluding hydrogens is 206 g/mol. The summed E-state index contributed by atoms with van der Waals surface area (Å²) >= 11 is 0. The number of carbonyl (C=O) groups excluding carboxylic acids is 1.